The van der Waals surface area contributed by atoms with Crippen LogP contribution in [0.3, 0.4) is 0 Å². The fourth-order valence-electron chi connectivity index (χ4n) is 2.75. The van der Waals surface area contributed by atoms with Gasteiger partial charge in [0.25, 0.3) is 0 Å². The van der Waals surface area contributed by atoms with Gasteiger partial charge in [-0.25, -0.2) is 0 Å². The second-order valence-electron chi connectivity index (χ2n) is 5.45. The first-order valence-corrected chi connectivity index (χ1v) is 7.87. The fourth-order valence-corrected chi connectivity index (χ4v) is 3.20. The largest absolute Gasteiger partial charge is 0.353 e. The third-order valence-electron chi connectivity index (χ3n) is 3.85. The number of halogens is 1. The molecule has 0 radical (unpaired) electrons. The molecular formula is C16H19BrN2O. The summed E-state index contributed by atoms with van der Waals surface area (Å²) in [5.74, 6) is 0.616. The zero-order chi connectivity index (χ0) is 14.4. The van der Waals surface area contributed by atoms with Crippen molar-refractivity contribution in [3.05, 3.63) is 34.3 Å². The van der Waals surface area contributed by atoms with Crippen LogP contribution in [0.4, 0.5) is 0 Å². The normalized spacial score (nSPS) is 22.0. The summed E-state index contributed by atoms with van der Waals surface area (Å²) in [4.78, 5) is 12.0. The smallest absolute Gasteiger partial charge is 0.224 e. The number of hydrogen-bond donors (Lipinski definition) is 1. The van der Waals surface area contributed by atoms with Crippen LogP contribution >= 0.6 is 15.9 Å². The number of carbonyl (C=O) groups excluding carboxylic acids is 1. The molecule has 106 valence electrons. The van der Waals surface area contributed by atoms with E-state index in [1.54, 1.807) is 0 Å². The van der Waals surface area contributed by atoms with Crippen molar-refractivity contribution in [3.8, 4) is 6.07 Å². The van der Waals surface area contributed by atoms with Gasteiger partial charge in [0.1, 0.15) is 0 Å². The molecule has 0 aliphatic heterocycles. The number of nitrogens with zero attached hydrogens (tertiary/aromatic N) is 1. The molecule has 3 nitrogen and oxygen atoms in total. The first kappa shape index (κ1) is 15.1. The zero-order valence-electron chi connectivity index (χ0n) is 11.4. The summed E-state index contributed by atoms with van der Waals surface area (Å²) in [5.41, 5.74) is 1.02. The molecule has 1 saturated carbocycles. The van der Waals surface area contributed by atoms with E-state index in [0.717, 1.165) is 35.7 Å². The quantitative estimate of drug-likeness (QED) is 0.914. The molecule has 20 heavy (non-hydrogen) atoms. The van der Waals surface area contributed by atoms with E-state index < -0.39 is 0 Å². The lowest BCUT2D eigenvalue weighted by atomic mass is 9.84. The molecule has 0 unspecified atom stereocenters. The first-order valence-electron chi connectivity index (χ1n) is 7.08. The summed E-state index contributed by atoms with van der Waals surface area (Å²) in [6, 6.07) is 10.4. The third-order valence-corrected chi connectivity index (χ3v) is 4.34. The van der Waals surface area contributed by atoms with Gasteiger partial charge < -0.3 is 5.32 Å². The van der Waals surface area contributed by atoms with Crippen LogP contribution in [0.25, 0.3) is 0 Å². The Bertz CT molecular complexity index is 501. The molecule has 0 saturated heterocycles. The van der Waals surface area contributed by atoms with Crippen molar-refractivity contribution >= 4 is 21.8 Å². The van der Waals surface area contributed by atoms with Crippen molar-refractivity contribution in [1.82, 2.24) is 5.32 Å². The SMILES string of the molecule is N#CCC1CCC(NC(=O)Cc2cccc(Br)c2)CC1. The molecule has 2 rings (SSSR count). The van der Waals surface area contributed by atoms with E-state index in [9.17, 15) is 4.79 Å². The van der Waals surface area contributed by atoms with E-state index in [0.29, 0.717) is 18.8 Å². The highest BCUT2D eigenvalue weighted by molar-refractivity contribution is 9.10. The molecule has 1 amide bonds. The van der Waals surface area contributed by atoms with Crippen LogP contribution < -0.4 is 5.32 Å². The van der Waals surface area contributed by atoms with Crippen LogP contribution in [0.2, 0.25) is 0 Å². The van der Waals surface area contributed by atoms with Gasteiger partial charge in [0.05, 0.1) is 12.5 Å². The maximum Gasteiger partial charge on any atom is 0.224 e. The number of nitrogens with one attached hydrogen (secondary N) is 1. The van der Waals surface area contributed by atoms with Gasteiger partial charge in [-0.3, -0.25) is 4.79 Å². The summed E-state index contributed by atoms with van der Waals surface area (Å²) < 4.78 is 1.000. The van der Waals surface area contributed by atoms with Crippen molar-refractivity contribution in [2.45, 2.75) is 44.6 Å². The van der Waals surface area contributed by atoms with Crippen LogP contribution in [-0.4, -0.2) is 11.9 Å². The van der Waals surface area contributed by atoms with Gasteiger partial charge in [-0.2, -0.15) is 5.26 Å². The molecule has 1 aromatic rings. The second-order valence-corrected chi connectivity index (χ2v) is 6.37. The summed E-state index contributed by atoms with van der Waals surface area (Å²) >= 11 is 3.41. The predicted molar refractivity (Wildman–Crippen MR) is 82.0 cm³/mol. The van der Waals surface area contributed by atoms with Gasteiger partial charge in [0.15, 0.2) is 0 Å². The molecular weight excluding hydrogens is 316 g/mol. The van der Waals surface area contributed by atoms with Crippen LogP contribution in [0.1, 0.15) is 37.7 Å². The number of amides is 1. The number of carbonyl (C=O) groups is 1. The minimum atomic E-state index is 0.0897. The van der Waals surface area contributed by atoms with Crippen molar-refractivity contribution < 1.29 is 4.79 Å². The Morgan fingerprint density at radius 3 is 2.75 bits per heavy atom. The van der Waals surface area contributed by atoms with Gasteiger partial charge in [-0.05, 0) is 49.3 Å². The van der Waals surface area contributed by atoms with E-state index in [4.69, 9.17) is 5.26 Å². The number of rotatable bonds is 4. The fraction of sp³-hybridized carbons (Fsp3) is 0.500. The first-order chi connectivity index (χ1) is 9.67. The maximum atomic E-state index is 12.0. The molecule has 1 aliphatic carbocycles. The van der Waals surface area contributed by atoms with Gasteiger partial charge in [0.2, 0.25) is 5.91 Å². The van der Waals surface area contributed by atoms with E-state index >= 15 is 0 Å². The van der Waals surface area contributed by atoms with E-state index in [-0.39, 0.29) is 11.9 Å². The average molecular weight is 335 g/mol. The Balaban J connectivity index is 1.77. The van der Waals surface area contributed by atoms with Crippen molar-refractivity contribution in [1.29, 1.82) is 5.26 Å². The Kier molecular flexibility index (Phi) is 5.60. The molecule has 1 fully saturated rings. The van der Waals surface area contributed by atoms with E-state index in [1.165, 1.54) is 0 Å². The zero-order valence-corrected chi connectivity index (χ0v) is 13.0. The van der Waals surface area contributed by atoms with Crippen molar-refractivity contribution in [2.75, 3.05) is 0 Å². The maximum absolute atomic E-state index is 12.0. The predicted octanol–water partition coefficient (Wildman–Crippen LogP) is 3.58. The standard InChI is InChI=1S/C16H19BrN2O/c17-14-3-1-2-13(10-14)11-16(20)19-15-6-4-12(5-7-15)8-9-18/h1-3,10,12,15H,4-8,11H2,(H,19,20). The highest BCUT2D eigenvalue weighted by Gasteiger charge is 2.22. The summed E-state index contributed by atoms with van der Waals surface area (Å²) in [5, 5.41) is 11.8. The highest BCUT2D eigenvalue weighted by Crippen LogP contribution is 2.26. The molecule has 0 atom stereocenters. The van der Waals surface area contributed by atoms with Crippen molar-refractivity contribution in [3.63, 3.8) is 0 Å². The van der Waals surface area contributed by atoms with Crippen LogP contribution in [0, 0.1) is 17.2 Å². The topological polar surface area (TPSA) is 52.9 Å². The number of nitriles is 1. The summed E-state index contributed by atoms with van der Waals surface area (Å²) in [6.45, 7) is 0. The Morgan fingerprint density at radius 1 is 1.35 bits per heavy atom. The number of benzene rings is 1. The minimum absolute atomic E-state index is 0.0897. The van der Waals surface area contributed by atoms with Gasteiger partial charge in [0, 0.05) is 16.9 Å². The Hall–Kier alpha value is -1.34. The monoisotopic (exact) mass is 334 g/mol. The lowest BCUT2D eigenvalue weighted by Crippen LogP contribution is -2.38. The number of hydrogen-bond acceptors (Lipinski definition) is 2. The second kappa shape index (κ2) is 7.44. The lowest BCUT2D eigenvalue weighted by molar-refractivity contribution is -0.121. The van der Waals surface area contributed by atoms with Crippen molar-refractivity contribution in [2.24, 2.45) is 5.92 Å². The van der Waals surface area contributed by atoms with E-state index in [1.807, 2.05) is 24.3 Å². The Labute approximate surface area is 128 Å². The summed E-state index contributed by atoms with van der Waals surface area (Å²) in [6.07, 6.45) is 5.17. The van der Waals surface area contributed by atoms with E-state index in [2.05, 4.69) is 27.3 Å². The summed E-state index contributed by atoms with van der Waals surface area (Å²) in [7, 11) is 0. The van der Waals surface area contributed by atoms with Crippen LogP contribution in [-0.2, 0) is 11.2 Å². The highest BCUT2D eigenvalue weighted by atomic mass is 79.9. The lowest BCUT2D eigenvalue weighted by Gasteiger charge is -2.27. The van der Waals surface area contributed by atoms with Gasteiger partial charge >= 0.3 is 0 Å². The molecule has 0 spiro atoms. The molecule has 0 aromatic heterocycles. The molecule has 0 bridgehead atoms. The van der Waals surface area contributed by atoms with Crippen LogP contribution in [0.5, 0.6) is 0 Å². The van der Waals surface area contributed by atoms with Gasteiger partial charge in [-0.15, -0.1) is 0 Å². The van der Waals surface area contributed by atoms with Gasteiger partial charge in [-0.1, -0.05) is 28.1 Å². The molecule has 1 aromatic carbocycles. The molecule has 1 N–H and O–H groups in total. The minimum Gasteiger partial charge on any atom is -0.353 e. The van der Waals surface area contributed by atoms with Crippen LogP contribution in [0.15, 0.2) is 28.7 Å². The molecule has 1 aliphatic rings. The Morgan fingerprint density at radius 2 is 2.10 bits per heavy atom. The third kappa shape index (κ3) is 4.64. The average Bonchev–Trinajstić information content (AvgIpc) is 2.41. The molecule has 0 heterocycles. The molecule has 4 heteroatoms.